The molecule has 0 aliphatic carbocycles. The number of para-hydroxylation sites is 1. The van der Waals surface area contributed by atoms with Crippen LogP contribution >= 0.6 is 0 Å². The lowest BCUT2D eigenvalue weighted by molar-refractivity contribution is -0.127. The Labute approximate surface area is 126 Å². The van der Waals surface area contributed by atoms with E-state index in [1.54, 1.807) is 20.1 Å². The Balaban J connectivity index is 2.78. The molecule has 5 heteroatoms. The van der Waals surface area contributed by atoms with Crippen molar-refractivity contribution in [2.75, 3.05) is 7.11 Å². The third-order valence-corrected chi connectivity index (χ3v) is 3.27. The first-order valence-corrected chi connectivity index (χ1v) is 7.36. The second-order valence-electron chi connectivity index (χ2n) is 5.11. The Morgan fingerprint density at radius 2 is 2.10 bits per heavy atom. The summed E-state index contributed by atoms with van der Waals surface area (Å²) in [6, 6.07) is 5.64. The quantitative estimate of drug-likeness (QED) is 0.771. The average Bonchev–Trinajstić information content (AvgIpc) is 2.47. The van der Waals surface area contributed by atoms with Crippen molar-refractivity contribution in [3.8, 4) is 11.5 Å². The number of carbonyl (C=O) groups is 1. The zero-order valence-electron chi connectivity index (χ0n) is 13.3. The van der Waals surface area contributed by atoms with Gasteiger partial charge in [0.1, 0.15) is 0 Å². The fraction of sp³-hybridized carbons (Fsp3) is 0.562. The number of rotatable bonds is 8. The van der Waals surface area contributed by atoms with Crippen LogP contribution in [0.5, 0.6) is 11.5 Å². The largest absolute Gasteiger partial charge is 0.493 e. The van der Waals surface area contributed by atoms with Crippen LogP contribution in [-0.4, -0.2) is 25.2 Å². The highest BCUT2D eigenvalue weighted by molar-refractivity contribution is 5.81. The second-order valence-corrected chi connectivity index (χ2v) is 5.11. The lowest BCUT2D eigenvalue weighted by Crippen LogP contribution is -2.41. The highest BCUT2D eigenvalue weighted by atomic mass is 16.5. The van der Waals surface area contributed by atoms with Gasteiger partial charge in [0.2, 0.25) is 0 Å². The van der Waals surface area contributed by atoms with E-state index >= 15 is 0 Å². The number of hydrogen-bond donors (Lipinski definition) is 2. The van der Waals surface area contributed by atoms with Gasteiger partial charge in [-0.25, -0.2) is 0 Å². The van der Waals surface area contributed by atoms with E-state index in [4.69, 9.17) is 15.2 Å². The first-order valence-electron chi connectivity index (χ1n) is 7.36. The lowest BCUT2D eigenvalue weighted by Gasteiger charge is -2.21. The van der Waals surface area contributed by atoms with Crippen LogP contribution in [0.15, 0.2) is 18.2 Å². The van der Waals surface area contributed by atoms with Crippen LogP contribution in [0.1, 0.15) is 39.2 Å². The SMILES string of the molecule is CCCC(C)NC(=O)C(C)Oc1c(CN)cccc1OC. The molecule has 1 amide bonds. The van der Waals surface area contributed by atoms with Gasteiger partial charge < -0.3 is 20.5 Å². The molecular formula is C16H26N2O3. The van der Waals surface area contributed by atoms with E-state index in [-0.39, 0.29) is 11.9 Å². The van der Waals surface area contributed by atoms with Crippen LogP contribution in [0.3, 0.4) is 0 Å². The van der Waals surface area contributed by atoms with E-state index in [1.807, 2.05) is 19.1 Å². The van der Waals surface area contributed by atoms with Gasteiger partial charge >= 0.3 is 0 Å². The summed E-state index contributed by atoms with van der Waals surface area (Å²) in [5, 5.41) is 2.94. The number of ether oxygens (including phenoxy) is 2. The van der Waals surface area contributed by atoms with Crippen LogP contribution in [-0.2, 0) is 11.3 Å². The first-order chi connectivity index (χ1) is 10.0. The molecule has 0 spiro atoms. The number of nitrogens with two attached hydrogens (primary N) is 1. The Hall–Kier alpha value is -1.75. The molecule has 0 radical (unpaired) electrons. The zero-order valence-corrected chi connectivity index (χ0v) is 13.3. The van der Waals surface area contributed by atoms with Crippen molar-refractivity contribution >= 4 is 5.91 Å². The summed E-state index contributed by atoms with van der Waals surface area (Å²) < 4.78 is 11.1. The highest BCUT2D eigenvalue weighted by Gasteiger charge is 2.20. The van der Waals surface area contributed by atoms with E-state index < -0.39 is 6.10 Å². The maximum Gasteiger partial charge on any atom is 0.260 e. The lowest BCUT2D eigenvalue weighted by atomic mass is 10.1. The van der Waals surface area contributed by atoms with Crippen molar-refractivity contribution in [2.24, 2.45) is 5.73 Å². The van der Waals surface area contributed by atoms with Gasteiger partial charge in [-0.05, 0) is 26.3 Å². The number of methoxy groups -OCH3 is 1. The summed E-state index contributed by atoms with van der Waals surface area (Å²) in [5.74, 6) is 0.984. The Morgan fingerprint density at radius 1 is 1.38 bits per heavy atom. The van der Waals surface area contributed by atoms with E-state index in [1.165, 1.54) is 0 Å². The van der Waals surface area contributed by atoms with Crippen molar-refractivity contribution < 1.29 is 14.3 Å². The molecule has 21 heavy (non-hydrogen) atoms. The molecule has 1 aromatic carbocycles. The minimum atomic E-state index is -0.606. The number of amides is 1. The summed E-state index contributed by atoms with van der Waals surface area (Å²) in [5.41, 5.74) is 6.53. The van der Waals surface area contributed by atoms with Crippen LogP contribution in [0.4, 0.5) is 0 Å². The number of hydrogen-bond acceptors (Lipinski definition) is 4. The van der Waals surface area contributed by atoms with Gasteiger partial charge in [0.05, 0.1) is 7.11 Å². The third-order valence-electron chi connectivity index (χ3n) is 3.27. The summed E-state index contributed by atoms with van der Waals surface area (Å²) >= 11 is 0. The van der Waals surface area contributed by atoms with Gasteiger partial charge in [-0.1, -0.05) is 25.5 Å². The van der Waals surface area contributed by atoms with Gasteiger partial charge in [0.15, 0.2) is 17.6 Å². The molecule has 0 aromatic heterocycles. The highest BCUT2D eigenvalue weighted by Crippen LogP contribution is 2.31. The van der Waals surface area contributed by atoms with Crippen LogP contribution in [0.2, 0.25) is 0 Å². The van der Waals surface area contributed by atoms with Crippen LogP contribution in [0.25, 0.3) is 0 Å². The Morgan fingerprint density at radius 3 is 2.67 bits per heavy atom. The van der Waals surface area contributed by atoms with Gasteiger partial charge in [-0.3, -0.25) is 4.79 Å². The first kappa shape index (κ1) is 17.3. The topological polar surface area (TPSA) is 73.6 Å². The van der Waals surface area contributed by atoms with Gasteiger partial charge in [0, 0.05) is 18.2 Å². The molecule has 0 saturated carbocycles. The molecule has 3 N–H and O–H groups in total. The average molecular weight is 294 g/mol. The maximum absolute atomic E-state index is 12.1. The van der Waals surface area contributed by atoms with Crippen LogP contribution < -0.4 is 20.5 Å². The second kappa shape index (κ2) is 8.52. The molecule has 1 rings (SSSR count). The zero-order chi connectivity index (χ0) is 15.8. The molecule has 1 aromatic rings. The van der Waals surface area contributed by atoms with Gasteiger partial charge in [-0.2, -0.15) is 0 Å². The number of benzene rings is 1. The molecule has 0 aliphatic rings. The van der Waals surface area contributed by atoms with Crippen molar-refractivity contribution in [3.63, 3.8) is 0 Å². The molecule has 5 nitrogen and oxygen atoms in total. The smallest absolute Gasteiger partial charge is 0.260 e. The fourth-order valence-electron chi connectivity index (χ4n) is 2.11. The number of carbonyl (C=O) groups excluding carboxylic acids is 1. The van der Waals surface area contributed by atoms with Crippen molar-refractivity contribution in [1.82, 2.24) is 5.32 Å². The summed E-state index contributed by atoms with van der Waals surface area (Å²) in [4.78, 5) is 12.1. The molecule has 118 valence electrons. The minimum Gasteiger partial charge on any atom is -0.493 e. The van der Waals surface area contributed by atoms with Crippen molar-refractivity contribution in [3.05, 3.63) is 23.8 Å². The van der Waals surface area contributed by atoms with Gasteiger partial charge in [-0.15, -0.1) is 0 Å². The molecule has 0 heterocycles. The van der Waals surface area contributed by atoms with Crippen molar-refractivity contribution in [2.45, 2.75) is 52.3 Å². The van der Waals surface area contributed by atoms with E-state index in [9.17, 15) is 4.79 Å². The van der Waals surface area contributed by atoms with Gasteiger partial charge in [0.25, 0.3) is 5.91 Å². The van der Waals surface area contributed by atoms with Crippen molar-refractivity contribution in [1.29, 1.82) is 0 Å². The predicted molar refractivity (Wildman–Crippen MR) is 83.5 cm³/mol. The molecule has 2 unspecified atom stereocenters. The Bertz CT molecular complexity index is 441. The normalized spacial score (nSPS) is 13.4. The van der Waals surface area contributed by atoms with Crippen LogP contribution in [0, 0.1) is 0 Å². The summed E-state index contributed by atoms with van der Waals surface area (Å²) in [7, 11) is 1.57. The van der Waals surface area contributed by atoms with E-state index in [0.29, 0.717) is 18.0 Å². The predicted octanol–water partition coefficient (Wildman–Crippen LogP) is 2.23. The molecule has 0 fully saturated rings. The molecular weight excluding hydrogens is 268 g/mol. The maximum atomic E-state index is 12.1. The Kier molecular flexibility index (Phi) is 7.02. The van der Waals surface area contributed by atoms with E-state index in [0.717, 1.165) is 18.4 Å². The third kappa shape index (κ3) is 4.93. The summed E-state index contributed by atoms with van der Waals surface area (Å²) in [6.07, 6.45) is 1.37. The number of nitrogens with one attached hydrogen (secondary N) is 1. The molecule has 0 aliphatic heterocycles. The molecule has 0 bridgehead atoms. The summed E-state index contributed by atoms with van der Waals surface area (Å²) in [6.45, 7) is 6.13. The molecule has 0 saturated heterocycles. The fourth-order valence-corrected chi connectivity index (χ4v) is 2.11. The van der Waals surface area contributed by atoms with E-state index in [2.05, 4.69) is 12.2 Å². The molecule has 2 atom stereocenters. The monoisotopic (exact) mass is 294 g/mol. The minimum absolute atomic E-state index is 0.134. The standard InChI is InChI=1S/C16H26N2O3/c1-5-7-11(2)18-16(19)12(3)21-15-13(10-17)8-6-9-14(15)20-4/h6,8-9,11-12H,5,7,10,17H2,1-4H3,(H,18,19).